The molecule has 1 aliphatic heterocycles. The number of hydrogen-bond donors (Lipinski definition) is 2. The van der Waals surface area contributed by atoms with Gasteiger partial charge in [0.1, 0.15) is 5.75 Å². The van der Waals surface area contributed by atoms with Crippen molar-refractivity contribution in [2.24, 2.45) is 0 Å². The first-order chi connectivity index (χ1) is 13.7. The Morgan fingerprint density at radius 2 is 1.76 bits per heavy atom. The van der Waals surface area contributed by atoms with E-state index in [0.29, 0.717) is 23.3 Å². The van der Waals surface area contributed by atoms with Crippen LogP contribution >= 0.6 is 0 Å². The van der Waals surface area contributed by atoms with E-state index in [2.05, 4.69) is 10.0 Å². The molecule has 1 amide bonds. The topological polar surface area (TPSA) is 119 Å². The molecule has 2 aromatic carbocycles. The van der Waals surface area contributed by atoms with Crippen LogP contribution < -0.4 is 14.8 Å². The lowest BCUT2D eigenvalue weighted by Gasteiger charge is -2.11. The first-order valence-corrected chi connectivity index (χ1v) is 12.2. The average Bonchev–Trinajstić information content (AvgIpc) is 3.05. The normalized spacial score (nSPS) is 18.3. The van der Waals surface area contributed by atoms with Crippen molar-refractivity contribution in [3.63, 3.8) is 0 Å². The van der Waals surface area contributed by atoms with Crippen molar-refractivity contribution >= 4 is 25.8 Å². The Kier molecular flexibility index (Phi) is 6.25. The summed E-state index contributed by atoms with van der Waals surface area (Å²) in [6.45, 7) is 0.0666. The minimum absolute atomic E-state index is 0.0377. The second-order valence-electron chi connectivity index (χ2n) is 6.77. The van der Waals surface area contributed by atoms with Crippen LogP contribution in [-0.4, -0.2) is 47.4 Å². The van der Waals surface area contributed by atoms with Gasteiger partial charge >= 0.3 is 0 Å². The Morgan fingerprint density at radius 3 is 2.31 bits per heavy atom. The third kappa shape index (κ3) is 5.55. The second-order valence-corrected chi connectivity index (χ2v) is 10.8. The van der Waals surface area contributed by atoms with Crippen LogP contribution in [0.25, 0.3) is 0 Å². The lowest BCUT2D eigenvalue weighted by Crippen LogP contribution is -2.35. The smallest absolute Gasteiger partial charge is 0.251 e. The number of hydrogen-bond acceptors (Lipinski definition) is 6. The van der Waals surface area contributed by atoms with E-state index in [1.807, 2.05) is 0 Å². The summed E-state index contributed by atoms with van der Waals surface area (Å²) in [7, 11) is -5.24. The monoisotopic (exact) mass is 438 g/mol. The predicted molar refractivity (Wildman–Crippen MR) is 108 cm³/mol. The van der Waals surface area contributed by atoms with Crippen LogP contribution in [-0.2, 0) is 26.4 Å². The molecule has 1 fully saturated rings. The highest BCUT2D eigenvalue weighted by Gasteiger charge is 2.29. The van der Waals surface area contributed by atoms with Gasteiger partial charge in [0.2, 0.25) is 10.0 Å². The number of carbonyl (C=O) groups excluding carboxylic acids is 1. The molecule has 29 heavy (non-hydrogen) atoms. The van der Waals surface area contributed by atoms with Gasteiger partial charge in [-0.1, -0.05) is 12.1 Å². The van der Waals surface area contributed by atoms with Crippen LogP contribution in [0.5, 0.6) is 5.75 Å². The summed E-state index contributed by atoms with van der Waals surface area (Å²) >= 11 is 0. The fraction of sp³-hybridized carbons (Fsp3) is 0.316. The third-order valence-corrected chi connectivity index (χ3v) is 7.80. The van der Waals surface area contributed by atoms with E-state index in [4.69, 9.17) is 4.74 Å². The molecule has 10 heteroatoms. The van der Waals surface area contributed by atoms with Gasteiger partial charge in [0, 0.05) is 18.2 Å². The largest absolute Gasteiger partial charge is 0.497 e. The van der Waals surface area contributed by atoms with Crippen LogP contribution in [0, 0.1) is 0 Å². The van der Waals surface area contributed by atoms with Crippen molar-refractivity contribution in [1.82, 2.24) is 10.0 Å². The second kappa shape index (κ2) is 8.52. The number of nitrogens with one attached hydrogen (secondary N) is 2. The Labute approximate surface area is 170 Å². The predicted octanol–water partition coefficient (Wildman–Crippen LogP) is 1.09. The number of benzene rings is 2. The number of rotatable bonds is 7. The SMILES string of the molecule is COc1ccc(S(=O)(=O)NCc2ccc(C(=O)N[C@@H]3CCS(=O)(=O)C3)cc2)cc1. The van der Waals surface area contributed by atoms with Gasteiger partial charge in [-0.05, 0) is 48.4 Å². The maximum Gasteiger partial charge on any atom is 0.251 e. The zero-order valence-corrected chi connectivity index (χ0v) is 17.4. The zero-order chi connectivity index (χ0) is 21.1. The highest BCUT2D eigenvalue weighted by molar-refractivity contribution is 7.91. The van der Waals surface area contributed by atoms with E-state index < -0.39 is 19.9 Å². The van der Waals surface area contributed by atoms with E-state index in [1.54, 1.807) is 36.4 Å². The van der Waals surface area contributed by atoms with E-state index in [-0.39, 0.29) is 34.9 Å². The van der Waals surface area contributed by atoms with Crippen molar-refractivity contribution in [3.8, 4) is 5.75 Å². The summed E-state index contributed by atoms with van der Waals surface area (Å²) in [6, 6.07) is 12.1. The van der Waals surface area contributed by atoms with Crippen LogP contribution in [0.1, 0.15) is 22.3 Å². The lowest BCUT2D eigenvalue weighted by atomic mass is 10.1. The quantitative estimate of drug-likeness (QED) is 0.668. The molecule has 0 aliphatic carbocycles. The molecule has 1 saturated heterocycles. The summed E-state index contributed by atoms with van der Waals surface area (Å²) in [4.78, 5) is 12.4. The summed E-state index contributed by atoms with van der Waals surface area (Å²) in [5.74, 6) is 0.264. The summed E-state index contributed by atoms with van der Waals surface area (Å²) in [5.41, 5.74) is 1.07. The van der Waals surface area contributed by atoms with Crippen molar-refractivity contribution in [2.75, 3.05) is 18.6 Å². The molecule has 0 bridgehead atoms. The van der Waals surface area contributed by atoms with Gasteiger partial charge in [0.15, 0.2) is 9.84 Å². The fourth-order valence-corrected chi connectivity index (χ4v) is 5.66. The van der Waals surface area contributed by atoms with E-state index >= 15 is 0 Å². The molecular formula is C19H22N2O6S2. The van der Waals surface area contributed by atoms with Crippen LogP contribution in [0.4, 0.5) is 0 Å². The molecule has 0 aromatic heterocycles. The minimum atomic E-state index is -3.68. The maximum absolute atomic E-state index is 12.4. The van der Waals surface area contributed by atoms with Crippen molar-refractivity contribution in [3.05, 3.63) is 59.7 Å². The first kappa shape index (κ1) is 21.3. The van der Waals surface area contributed by atoms with Gasteiger partial charge in [-0.25, -0.2) is 21.6 Å². The summed E-state index contributed by atoms with van der Waals surface area (Å²) in [6.07, 6.45) is 0.416. The molecule has 3 rings (SSSR count). The molecule has 2 aromatic rings. The van der Waals surface area contributed by atoms with Gasteiger partial charge in [-0.15, -0.1) is 0 Å². The number of methoxy groups -OCH3 is 1. The number of sulfonamides is 1. The highest BCUT2D eigenvalue weighted by Crippen LogP contribution is 2.16. The standard InChI is InChI=1S/C19H22N2O6S2/c1-27-17-6-8-18(9-7-17)29(25,26)20-12-14-2-4-15(5-3-14)19(22)21-16-10-11-28(23,24)13-16/h2-9,16,20H,10-13H2,1H3,(H,21,22)/t16-/m1/s1. The molecule has 0 radical (unpaired) electrons. The maximum atomic E-state index is 12.4. The molecule has 1 heterocycles. The van der Waals surface area contributed by atoms with Crippen molar-refractivity contribution in [1.29, 1.82) is 0 Å². The van der Waals surface area contributed by atoms with Crippen LogP contribution in [0.2, 0.25) is 0 Å². The highest BCUT2D eigenvalue weighted by atomic mass is 32.2. The Balaban J connectivity index is 1.58. The van der Waals surface area contributed by atoms with Gasteiger partial charge in [-0.3, -0.25) is 4.79 Å². The lowest BCUT2D eigenvalue weighted by molar-refractivity contribution is 0.0941. The molecule has 2 N–H and O–H groups in total. The number of ether oxygens (including phenoxy) is 1. The molecule has 0 spiro atoms. The van der Waals surface area contributed by atoms with Gasteiger partial charge < -0.3 is 10.1 Å². The number of carbonyl (C=O) groups is 1. The molecule has 1 aliphatic rings. The third-order valence-electron chi connectivity index (χ3n) is 4.62. The Hall–Kier alpha value is -2.43. The van der Waals surface area contributed by atoms with Gasteiger partial charge in [0.25, 0.3) is 5.91 Å². The molecular weight excluding hydrogens is 416 g/mol. The first-order valence-electron chi connectivity index (χ1n) is 8.92. The van der Waals surface area contributed by atoms with Gasteiger partial charge in [-0.2, -0.15) is 0 Å². The zero-order valence-electron chi connectivity index (χ0n) is 15.8. The van der Waals surface area contributed by atoms with Gasteiger partial charge in [0.05, 0.1) is 23.5 Å². The van der Waals surface area contributed by atoms with E-state index in [0.717, 1.165) is 0 Å². The Morgan fingerprint density at radius 1 is 1.10 bits per heavy atom. The van der Waals surface area contributed by atoms with E-state index in [9.17, 15) is 21.6 Å². The number of amides is 1. The average molecular weight is 439 g/mol. The molecule has 8 nitrogen and oxygen atoms in total. The Bertz CT molecular complexity index is 1080. The van der Waals surface area contributed by atoms with Crippen molar-refractivity contribution < 1.29 is 26.4 Å². The van der Waals surface area contributed by atoms with Crippen molar-refractivity contribution in [2.45, 2.75) is 23.9 Å². The molecule has 156 valence electrons. The summed E-state index contributed by atoms with van der Waals surface area (Å²) in [5, 5.41) is 2.72. The fourth-order valence-electron chi connectivity index (χ4n) is 2.97. The summed E-state index contributed by atoms with van der Waals surface area (Å²) < 4.78 is 55.2. The van der Waals surface area contributed by atoms with Crippen LogP contribution in [0.3, 0.4) is 0 Å². The molecule has 0 saturated carbocycles. The van der Waals surface area contributed by atoms with Crippen LogP contribution in [0.15, 0.2) is 53.4 Å². The van der Waals surface area contributed by atoms with E-state index in [1.165, 1.54) is 19.2 Å². The number of sulfone groups is 1. The molecule has 1 atom stereocenters. The minimum Gasteiger partial charge on any atom is -0.497 e. The molecule has 0 unspecified atom stereocenters.